The maximum Gasteiger partial charge on any atom is 0.416 e. The number of rotatable bonds is 7. The summed E-state index contributed by atoms with van der Waals surface area (Å²) >= 11 is 0. The summed E-state index contributed by atoms with van der Waals surface area (Å²) in [5.41, 5.74) is 6.18. The van der Waals surface area contributed by atoms with Gasteiger partial charge in [0.15, 0.2) is 0 Å². The zero-order chi connectivity index (χ0) is 26.9. The SMILES string of the molecule is C[C@@H](c1ccc(-c2nn[nH]n2)cc1)C1CC(C(N)=O)(N2CC[C@@H](Oc3cccc(C(F)(F)F)c3)C2)CCO1.Cl. The molecule has 210 valence electrons. The number of alkyl halides is 3. The molecule has 2 aromatic carbocycles. The van der Waals surface area contributed by atoms with Gasteiger partial charge < -0.3 is 15.2 Å². The minimum absolute atomic E-state index is 0. The van der Waals surface area contributed by atoms with Crippen molar-refractivity contribution in [2.45, 2.75) is 56.0 Å². The van der Waals surface area contributed by atoms with Gasteiger partial charge in [-0.25, -0.2) is 0 Å². The number of amides is 1. The number of nitrogens with zero attached hydrogens (tertiary/aromatic N) is 4. The number of halogens is 4. The summed E-state index contributed by atoms with van der Waals surface area (Å²) in [5, 5.41) is 14.0. The van der Waals surface area contributed by atoms with Crippen molar-refractivity contribution in [3.63, 3.8) is 0 Å². The molecule has 3 N–H and O–H groups in total. The van der Waals surface area contributed by atoms with Crippen LogP contribution in [0.5, 0.6) is 5.75 Å². The number of primary amides is 1. The second-order valence-electron chi connectivity index (χ2n) is 9.91. The third kappa shape index (κ3) is 6.02. The number of ether oxygens (including phenoxy) is 2. The van der Waals surface area contributed by atoms with Crippen molar-refractivity contribution >= 4 is 18.3 Å². The highest BCUT2D eigenvalue weighted by Crippen LogP contribution is 2.39. The highest BCUT2D eigenvalue weighted by Gasteiger charge is 2.50. The number of aromatic amines is 1. The van der Waals surface area contributed by atoms with Crippen molar-refractivity contribution in [2.24, 2.45) is 5.73 Å². The number of H-pyrrole nitrogens is 1. The van der Waals surface area contributed by atoms with Crippen molar-refractivity contribution in [1.82, 2.24) is 25.5 Å². The molecule has 0 saturated carbocycles. The molecule has 2 unspecified atom stereocenters. The number of tetrazole rings is 1. The first-order chi connectivity index (χ1) is 18.2. The summed E-state index contributed by atoms with van der Waals surface area (Å²) < 4.78 is 51.3. The largest absolute Gasteiger partial charge is 0.489 e. The Hall–Kier alpha value is -3.22. The molecule has 1 amide bonds. The molecular weight excluding hydrogens is 537 g/mol. The predicted molar refractivity (Wildman–Crippen MR) is 138 cm³/mol. The number of benzene rings is 2. The zero-order valence-electron chi connectivity index (χ0n) is 21.2. The minimum atomic E-state index is -4.45. The van der Waals surface area contributed by atoms with Crippen LogP contribution in [0.3, 0.4) is 0 Å². The maximum atomic E-state index is 13.1. The van der Waals surface area contributed by atoms with Crippen LogP contribution in [0.2, 0.25) is 0 Å². The number of likely N-dealkylation sites (tertiary alicyclic amines) is 1. The van der Waals surface area contributed by atoms with E-state index >= 15 is 0 Å². The Morgan fingerprint density at radius 3 is 2.69 bits per heavy atom. The summed E-state index contributed by atoms with van der Waals surface area (Å²) in [6.45, 7) is 3.36. The Bertz CT molecular complexity index is 1260. The summed E-state index contributed by atoms with van der Waals surface area (Å²) in [6.07, 6.45) is -3.63. The fraction of sp³-hybridized carbons (Fsp3) is 0.462. The third-order valence-electron chi connectivity index (χ3n) is 7.66. The first kappa shape index (κ1) is 28.8. The molecule has 4 atom stereocenters. The van der Waals surface area contributed by atoms with Crippen LogP contribution in [0.25, 0.3) is 11.4 Å². The Labute approximate surface area is 229 Å². The van der Waals surface area contributed by atoms with E-state index in [-0.39, 0.29) is 36.3 Å². The normalized spacial score (nSPS) is 24.6. The van der Waals surface area contributed by atoms with Gasteiger partial charge in [0, 0.05) is 37.6 Å². The molecule has 0 spiro atoms. The lowest BCUT2D eigenvalue weighted by atomic mass is 9.79. The quantitative estimate of drug-likeness (QED) is 0.444. The zero-order valence-corrected chi connectivity index (χ0v) is 22.0. The first-order valence-corrected chi connectivity index (χ1v) is 12.5. The topological polar surface area (TPSA) is 119 Å². The van der Waals surface area contributed by atoms with Crippen molar-refractivity contribution < 1.29 is 27.4 Å². The van der Waals surface area contributed by atoms with E-state index in [9.17, 15) is 18.0 Å². The van der Waals surface area contributed by atoms with E-state index in [1.807, 2.05) is 29.2 Å². The van der Waals surface area contributed by atoms with Crippen molar-refractivity contribution in [1.29, 1.82) is 0 Å². The minimum Gasteiger partial charge on any atom is -0.489 e. The number of carbonyl (C=O) groups excluding carboxylic acids is 1. The van der Waals surface area contributed by atoms with Crippen LogP contribution < -0.4 is 10.5 Å². The lowest BCUT2D eigenvalue weighted by molar-refractivity contribution is -0.142. The number of carbonyl (C=O) groups is 1. The number of nitrogens with one attached hydrogen (secondary N) is 1. The van der Waals surface area contributed by atoms with Crippen LogP contribution in [0, 0.1) is 0 Å². The van der Waals surface area contributed by atoms with Crippen LogP contribution in [-0.4, -0.2) is 68.9 Å². The molecule has 2 aliphatic rings. The molecule has 13 heteroatoms. The average molecular weight is 567 g/mol. The number of hydrogen-bond acceptors (Lipinski definition) is 7. The van der Waals surface area contributed by atoms with Gasteiger partial charge in [-0.3, -0.25) is 9.69 Å². The van der Waals surface area contributed by atoms with Gasteiger partial charge in [-0.05, 0) is 41.8 Å². The third-order valence-corrected chi connectivity index (χ3v) is 7.66. The molecule has 39 heavy (non-hydrogen) atoms. The van der Waals surface area contributed by atoms with Crippen LogP contribution in [0.1, 0.15) is 43.2 Å². The van der Waals surface area contributed by atoms with E-state index in [0.717, 1.165) is 23.3 Å². The Morgan fingerprint density at radius 1 is 1.26 bits per heavy atom. The molecular formula is C26H30ClF3N6O3. The lowest BCUT2D eigenvalue weighted by Crippen LogP contribution is -2.61. The monoisotopic (exact) mass is 566 g/mol. The van der Waals surface area contributed by atoms with E-state index in [2.05, 4.69) is 27.5 Å². The van der Waals surface area contributed by atoms with Crippen LogP contribution >= 0.6 is 12.4 Å². The highest BCUT2D eigenvalue weighted by atomic mass is 35.5. The van der Waals surface area contributed by atoms with Crippen molar-refractivity contribution in [3.8, 4) is 17.1 Å². The van der Waals surface area contributed by atoms with Gasteiger partial charge in [0.1, 0.15) is 17.4 Å². The fourth-order valence-electron chi connectivity index (χ4n) is 5.45. The molecule has 2 saturated heterocycles. The van der Waals surface area contributed by atoms with E-state index < -0.39 is 23.2 Å². The average Bonchev–Trinajstić information content (AvgIpc) is 3.61. The molecule has 3 heterocycles. The van der Waals surface area contributed by atoms with E-state index in [0.29, 0.717) is 44.8 Å². The Kier molecular flexibility index (Phi) is 8.48. The van der Waals surface area contributed by atoms with Crippen molar-refractivity contribution in [2.75, 3.05) is 19.7 Å². The molecule has 0 radical (unpaired) electrons. The number of aromatic nitrogens is 4. The van der Waals surface area contributed by atoms with Gasteiger partial charge in [0.2, 0.25) is 11.7 Å². The summed E-state index contributed by atoms with van der Waals surface area (Å²) in [7, 11) is 0. The van der Waals surface area contributed by atoms with E-state index in [1.165, 1.54) is 12.1 Å². The summed E-state index contributed by atoms with van der Waals surface area (Å²) in [5.74, 6) is 0.211. The lowest BCUT2D eigenvalue weighted by Gasteiger charge is -2.46. The maximum absolute atomic E-state index is 13.1. The van der Waals surface area contributed by atoms with E-state index in [4.69, 9.17) is 15.2 Å². The standard InChI is InChI=1S/C26H29F3N6O3.ClH/c1-16(17-5-7-18(8-6-17)23-31-33-34-32-23)22-14-25(24(30)36,10-12-37-22)35-11-9-21(15-35)38-20-4-2-3-19(13-20)26(27,28)29;/h2-8,13,16,21-22H,9-12,14-15H2,1H3,(H2,30,36)(H,31,32,33,34);1H/t16-,21+,22?,25?;/m0./s1. The number of nitrogens with two attached hydrogens (primary N) is 1. The van der Waals surface area contributed by atoms with Gasteiger partial charge in [-0.1, -0.05) is 37.3 Å². The second kappa shape index (κ2) is 11.5. The molecule has 0 aliphatic carbocycles. The fourth-order valence-corrected chi connectivity index (χ4v) is 5.45. The molecule has 2 aliphatic heterocycles. The molecule has 2 fully saturated rings. The predicted octanol–water partition coefficient (Wildman–Crippen LogP) is 3.97. The first-order valence-electron chi connectivity index (χ1n) is 12.5. The Balaban J connectivity index is 0.00000353. The smallest absolute Gasteiger partial charge is 0.416 e. The van der Waals surface area contributed by atoms with Gasteiger partial charge in [-0.15, -0.1) is 22.6 Å². The van der Waals surface area contributed by atoms with Crippen LogP contribution in [0.4, 0.5) is 13.2 Å². The van der Waals surface area contributed by atoms with Crippen LogP contribution in [-0.2, 0) is 15.7 Å². The van der Waals surface area contributed by atoms with Gasteiger partial charge in [-0.2, -0.15) is 18.4 Å². The Morgan fingerprint density at radius 2 is 2.03 bits per heavy atom. The van der Waals surface area contributed by atoms with E-state index in [1.54, 1.807) is 0 Å². The van der Waals surface area contributed by atoms with Gasteiger partial charge in [0.05, 0.1) is 11.7 Å². The molecule has 3 aromatic rings. The molecule has 9 nitrogen and oxygen atoms in total. The molecule has 1 aromatic heterocycles. The van der Waals surface area contributed by atoms with Crippen molar-refractivity contribution in [3.05, 3.63) is 59.7 Å². The van der Waals surface area contributed by atoms with Crippen LogP contribution in [0.15, 0.2) is 48.5 Å². The summed E-state index contributed by atoms with van der Waals surface area (Å²) in [6, 6.07) is 12.6. The highest BCUT2D eigenvalue weighted by molar-refractivity contribution is 5.85. The number of hydrogen-bond donors (Lipinski definition) is 2. The summed E-state index contributed by atoms with van der Waals surface area (Å²) in [4.78, 5) is 14.9. The second-order valence-corrected chi connectivity index (χ2v) is 9.91. The van der Waals surface area contributed by atoms with Gasteiger partial charge in [0.25, 0.3) is 0 Å². The molecule has 0 bridgehead atoms. The molecule has 5 rings (SSSR count). The van der Waals surface area contributed by atoms with Gasteiger partial charge >= 0.3 is 6.18 Å².